The molecule has 1 saturated heterocycles. The molecule has 2 amide bonds. The van der Waals surface area contributed by atoms with Gasteiger partial charge in [0.15, 0.2) is 0 Å². The summed E-state index contributed by atoms with van der Waals surface area (Å²) >= 11 is 0. The molecule has 3 heterocycles. The van der Waals surface area contributed by atoms with Crippen molar-refractivity contribution < 1.29 is 9.59 Å². The third kappa shape index (κ3) is 3.66. The number of carbonyl (C=O) groups excluding carboxylic acids is 2. The molecular weight excluding hydrogens is 366 g/mol. The Morgan fingerprint density at radius 2 is 1.86 bits per heavy atom. The van der Waals surface area contributed by atoms with Gasteiger partial charge in [0.25, 0.3) is 11.8 Å². The molecule has 0 bridgehead atoms. The van der Waals surface area contributed by atoms with Gasteiger partial charge in [0, 0.05) is 38.2 Å². The van der Waals surface area contributed by atoms with Gasteiger partial charge in [0.2, 0.25) is 5.82 Å². The lowest BCUT2D eigenvalue weighted by molar-refractivity contribution is 0.0767. The van der Waals surface area contributed by atoms with E-state index in [2.05, 4.69) is 15.5 Å². The van der Waals surface area contributed by atoms with Gasteiger partial charge in [0.05, 0.1) is 0 Å². The van der Waals surface area contributed by atoms with Crippen LogP contribution in [0.4, 0.5) is 0 Å². The molecule has 1 spiro atoms. The Morgan fingerprint density at radius 3 is 2.66 bits per heavy atom. The lowest BCUT2D eigenvalue weighted by Crippen LogP contribution is -2.32. The Bertz CT molecular complexity index is 921. The maximum atomic E-state index is 12.8. The van der Waals surface area contributed by atoms with Crippen LogP contribution in [0.2, 0.25) is 0 Å². The highest BCUT2D eigenvalue weighted by atomic mass is 16.2. The number of nitrogens with zero attached hydrogens (tertiary/aromatic N) is 4. The van der Waals surface area contributed by atoms with Crippen molar-refractivity contribution in [3.63, 3.8) is 0 Å². The molecule has 152 valence electrons. The summed E-state index contributed by atoms with van der Waals surface area (Å²) in [5.74, 6) is 1.98. The molecule has 1 saturated carbocycles. The third-order valence-electron chi connectivity index (χ3n) is 6.77. The number of nitrogens with one attached hydrogen (secondary N) is 1. The number of hydrogen-bond acceptors (Lipinski definition) is 4. The molecule has 1 N–H and O–H groups in total. The molecule has 1 atom stereocenters. The molecular formula is C22H27N5O2. The van der Waals surface area contributed by atoms with E-state index in [1.54, 1.807) is 0 Å². The van der Waals surface area contributed by atoms with Crippen LogP contribution in [0.25, 0.3) is 0 Å². The summed E-state index contributed by atoms with van der Waals surface area (Å²) in [6.07, 6.45) is 6.15. The standard InChI is InChI=1S/C22H27N5O2/c28-20(23-14-16-6-7-16)19-25-24-18-8-9-22(11-13-27(18)19)10-12-26(15-22)21(29)17-4-2-1-3-5-17/h1-5,16H,6-15H2,(H,23,28). The first-order chi connectivity index (χ1) is 14.1. The summed E-state index contributed by atoms with van der Waals surface area (Å²) in [5.41, 5.74) is 0.859. The zero-order valence-corrected chi connectivity index (χ0v) is 16.6. The quantitative estimate of drug-likeness (QED) is 0.864. The molecule has 7 nitrogen and oxygen atoms in total. The highest BCUT2D eigenvalue weighted by Gasteiger charge is 2.41. The first-order valence-corrected chi connectivity index (χ1v) is 10.7. The molecule has 5 rings (SSSR count). The van der Waals surface area contributed by atoms with Crippen molar-refractivity contribution in [1.82, 2.24) is 25.0 Å². The summed E-state index contributed by atoms with van der Waals surface area (Å²) in [6.45, 7) is 3.05. The minimum Gasteiger partial charge on any atom is -0.349 e. The first kappa shape index (κ1) is 18.3. The maximum Gasteiger partial charge on any atom is 0.289 e. The van der Waals surface area contributed by atoms with Crippen LogP contribution in [0.3, 0.4) is 0 Å². The fourth-order valence-electron chi connectivity index (χ4n) is 4.69. The fourth-order valence-corrected chi connectivity index (χ4v) is 4.69. The monoisotopic (exact) mass is 393 g/mol. The number of amides is 2. The first-order valence-electron chi connectivity index (χ1n) is 10.7. The van der Waals surface area contributed by atoms with Gasteiger partial charge >= 0.3 is 0 Å². The van der Waals surface area contributed by atoms with Crippen LogP contribution in [0.5, 0.6) is 0 Å². The van der Waals surface area contributed by atoms with Gasteiger partial charge in [-0.3, -0.25) is 9.59 Å². The number of likely N-dealkylation sites (tertiary alicyclic amines) is 1. The van der Waals surface area contributed by atoms with Gasteiger partial charge in [0.1, 0.15) is 5.82 Å². The molecule has 29 heavy (non-hydrogen) atoms. The minimum atomic E-state index is -0.112. The Kier molecular flexibility index (Phi) is 4.60. The summed E-state index contributed by atoms with van der Waals surface area (Å²) in [5, 5.41) is 11.5. The van der Waals surface area contributed by atoms with Crippen LogP contribution < -0.4 is 5.32 Å². The highest BCUT2D eigenvalue weighted by molar-refractivity contribution is 5.94. The minimum absolute atomic E-state index is 0.104. The zero-order chi connectivity index (χ0) is 19.8. The summed E-state index contributed by atoms with van der Waals surface area (Å²) in [6, 6.07) is 9.52. The second kappa shape index (κ2) is 7.28. The maximum absolute atomic E-state index is 12.8. The average molecular weight is 393 g/mol. The van der Waals surface area contributed by atoms with E-state index in [0.29, 0.717) is 11.7 Å². The molecule has 1 aromatic carbocycles. The van der Waals surface area contributed by atoms with Crippen LogP contribution in [0.15, 0.2) is 30.3 Å². The fraction of sp³-hybridized carbons (Fsp3) is 0.545. The van der Waals surface area contributed by atoms with Gasteiger partial charge in [-0.25, -0.2) is 0 Å². The van der Waals surface area contributed by atoms with Crippen molar-refractivity contribution in [2.75, 3.05) is 19.6 Å². The van der Waals surface area contributed by atoms with Crippen LogP contribution in [0.1, 0.15) is 58.9 Å². The Morgan fingerprint density at radius 1 is 1.07 bits per heavy atom. The van der Waals surface area contributed by atoms with Gasteiger partial charge < -0.3 is 14.8 Å². The predicted molar refractivity (Wildman–Crippen MR) is 107 cm³/mol. The van der Waals surface area contributed by atoms with Crippen LogP contribution in [0, 0.1) is 11.3 Å². The summed E-state index contributed by atoms with van der Waals surface area (Å²) in [7, 11) is 0. The van der Waals surface area contributed by atoms with Gasteiger partial charge in [-0.2, -0.15) is 0 Å². The van der Waals surface area contributed by atoms with E-state index in [1.165, 1.54) is 12.8 Å². The molecule has 1 aliphatic carbocycles. The van der Waals surface area contributed by atoms with Crippen molar-refractivity contribution in [1.29, 1.82) is 0 Å². The smallest absolute Gasteiger partial charge is 0.289 e. The number of benzene rings is 1. The van der Waals surface area contributed by atoms with Crippen LogP contribution in [-0.4, -0.2) is 51.1 Å². The number of aromatic nitrogens is 3. The van der Waals surface area contributed by atoms with Crippen LogP contribution in [-0.2, 0) is 13.0 Å². The van der Waals surface area contributed by atoms with Crippen molar-refractivity contribution in [2.24, 2.45) is 11.3 Å². The average Bonchev–Trinajstić information content (AvgIpc) is 3.39. The molecule has 2 fully saturated rings. The Balaban J connectivity index is 1.26. The van der Waals surface area contributed by atoms with Crippen molar-refractivity contribution in [3.8, 4) is 0 Å². The highest BCUT2D eigenvalue weighted by Crippen LogP contribution is 2.41. The molecule has 7 heteroatoms. The SMILES string of the molecule is O=C(NCC1CC1)c1nnc2n1CCC1(CC2)CCN(C(=O)c2ccccc2)C1. The van der Waals surface area contributed by atoms with Crippen molar-refractivity contribution in [2.45, 2.75) is 45.1 Å². The third-order valence-corrected chi connectivity index (χ3v) is 6.77. The van der Waals surface area contributed by atoms with E-state index in [0.717, 1.165) is 63.3 Å². The van der Waals surface area contributed by atoms with E-state index in [-0.39, 0.29) is 17.2 Å². The van der Waals surface area contributed by atoms with E-state index in [1.807, 2.05) is 39.8 Å². The summed E-state index contributed by atoms with van der Waals surface area (Å²) in [4.78, 5) is 27.4. The molecule has 2 aromatic rings. The van der Waals surface area contributed by atoms with Crippen LogP contribution >= 0.6 is 0 Å². The number of fused-ring (bicyclic) bond motifs is 1. The Labute approximate surface area is 170 Å². The summed E-state index contributed by atoms with van der Waals surface area (Å²) < 4.78 is 2.00. The molecule has 2 aliphatic heterocycles. The Hall–Kier alpha value is -2.70. The zero-order valence-electron chi connectivity index (χ0n) is 16.6. The number of carbonyl (C=O) groups is 2. The van der Waals surface area contributed by atoms with Gasteiger partial charge in [-0.05, 0) is 55.6 Å². The van der Waals surface area contributed by atoms with Gasteiger partial charge in [-0.15, -0.1) is 10.2 Å². The van der Waals surface area contributed by atoms with Crippen molar-refractivity contribution >= 4 is 11.8 Å². The molecule has 1 aromatic heterocycles. The molecule has 0 radical (unpaired) electrons. The van der Waals surface area contributed by atoms with Gasteiger partial charge in [-0.1, -0.05) is 18.2 Å². The lowest BCUT2D eigenvalue weighted by Gasteiger charge is -2.27. The predicted octanol–water partition coefficient (Wildman–Crippen LogP) is 2.29. The van der Waals surface area contributed by atoms with E-state index >= 15 is 0 Å². The number of hydrogen-bond donors (Lipinski definition) is 1. The molecule has 3 aliphatic rings. The topological polar surface area (TPSA) is 80.1 Å². The normalized spacial score (nSPS) is 23.7. The van der Waals surface area contributed by atoms with E-state index in [4.69, 9.17) is 0 Å². The largest absolute Gasteiger partial charge is 0.349 e. The molecule has 1 unspecified atom stereocenters. The second-order valence-corrected chi connectivity index (χ2v) is 8.84. The van der Waals surface area contributed by atoms with E-state index < -0.39 is 0 Å². The number of aryl methyl sites for hydroxylation is 1. The lowest BCUT2D eigenvalue weighted by atomic mass is 9.80. The second-order valence-electron chi connectivity index (χ2n) is 8.84. The van der Waals surface area contributed by atoms with E-state index in [9.17, 15) is 9.59 Å². The number of rotatable bonds is 4. The van der Waals surface area contributed by atoms with Crippen molar-refractivity contribution in [3.05, 3.63) is 47.5 Å².